The molecule has 1 amide bonds. The topological polar surface area (TPSA) is 79.8 Å². The summed E-state index contributed by atoms with van der Waals surface area (Å²) in [4.78, 5) is 24.5. The fraction of sp³-hybridized carbons (Fsp3) is 0.0588. The molecule has 0 radical (unpaired) electrons. The molecule has 126 valence electrons. The molecule has 3 rings (SSSR count). The van der Waals surface area contributed by atoms with Gasteiger partial charge < -0.3 is 10.6 Å². The number of anilines is 2. The molecule has 2 heterocycles. The van der Waals surface area contributed by atoms with Crippen molar-refractivity contribution >= 4 is 40.7 Å². The average Bonchev–Trinajstić information content (AvgIpc) is 2.64. The van der Waals surface area contributed by atoms with E-state index in [1.165, 1.54) is 12.4 Å². The van der Waals surface area contributed by atoms with Crippen LogP contribution >= 0.6 is 23.2 Å². The van der Waals surface area contributed by atoms with Crippen LogP contribution in [-0.2, 0) is 6.54 Å². The van der Waals surface area contributed by atoms with Gasteiger partial charge in [0.1, 0.15) is 0 Å². The Kier molecular flexibility index (Phi) is 5.42. The Morgan fingerprint density at radius 1 is 1.08 bits per heavy atom. The van der Waals surface area contributed by atoms with Crippen LogP contribution in [-0.4, -0.2) is 20.9 Å². The number of pyridine rings is 1. The fourth-order valence-electron chi connectivity index (χ4n) is 2.01. The number of nitrogens with one attached hydrogen (secondary N) is 2. The SMILES string of the molecule is O=C(Nc1cc(Cl)ccc1Cl)c1cnc(NCc2cccnc2)nc1. The second-order valence-electron chi connectivity index (χ2n) is 5.09. The number of amides is 1. The fourth-order valence-corrected chi connectivity index (χ4v) is 2.35. The van der Waals surface area contributed by atoms with E-state index in [1.807, 2.05) is 12.1 Å². The van der Waals surface area contributed by atoms with E-state index >= 15 is 0 Å². The molecule has 0 atom stereocenters. The van der Waals surface area contributed by atoms with Gasteiger partial charge in [0.25, 0.3) is 5.91 Å². The second-order valence-corrected chi connectivity index (χ2v) is 5.93. The lowest BCUT2D eigenvalue weighted by atomic mass is 10.2. The van der Waals surface area contributed by atoms with Crippen LogP contribution in [0.25, 0.3) is 0 Å². The Hall–Kier alpha value is -2.70. The van der Waals surface area contributed by atoms with Crippen LogP contribution in [0.15, 0.2) is 55.1 Å². The average molecular weight is 374 g/mol. The minimum Gasteiger partial charge on any atom is -0.350 e. The predicted molar refractivity (Wildman–Crippen MR) is 98.0 cm³/mol. The Balaban J connectivity index is 1.63. The molecular formula is C17H13Cl2N5O. The van der Waals surface area contributed by atoms with Crippen molar-refractivity contribution < 1.29 is 4.79 Å². The van der Waals surface area contributed by atoms with E-state index in [0.29, 0.717) is 33.8 Å². The van der Waals surface area contributed by atoms with Gasteiger partial charge in [-0.05, 0) is 29.8 Å². The standard InChI is InChI=1S/C17H13Cl2N5O/c18-13-3-4-14(19)15(6-13)24-16(25)12-9-22-17(23-10-12)21-8-11-2-1-5-20-7-11/h1-7,9-10H,8H2,(H,24,25)(H,21,22,23). The number of carbonyl (C=O) groups is 1. The maximum atomic E-state index is 12.2. The van der Waals surface area contributed by atoms with Gasteiger partial charge in [-0.15, -0.1) is 0 Å². The van der Waals surface area contributed by atoms with Gasteiger partial charge in [-0.3, -0.25) is 9.78 Å². The number of nitrogens with zero attached hydrogens (tertiary/aromatic N) is 3. The van der Waals surface area contributed by atoms with Crippen LogP contribution in [0.5, 0.6) is 0 Å². The first-order valence-corrected chi connectivity index (χ1v) is 8.08. The van der Waals surface area contributed by atoms with E-state index in [4.69, 9.17) is 23.2 Å². The normalized spacial score (nSPS) is 10.3. The number of carbonyl (C=O) groups excluding carboxylic acids is 1. The van der Waals surface area contributed by atoms with E-state index in [0.717, 1.165) is 5.56 Å². The summed E-state index contributed by atoms with van der Waals surface area (Å²) in [6, 6.07) is 8.63. The summed E-state index contributed by atoms with van der Waals surface area (Å²) in [6.07, 6.45) is 6.34. The number of aromatic nitrogens is 3. The Bertz CT molecular complexity index is 872. The first kappa shape index (κ1) is 17.1. The van der Waals surface area contributed by atoms with Crippen LogP contribution < -0.4 is 10.6 Å². The molecule has 3 aromatic rings. The Morgan fingerprint density at radius 3 is 2.60 bits per heavy atom. The molecule has 0 saturated heterocycles. The van der Waals surface area contributed by atoms with E-state index in [1.54, 1.807) is 30.6 Å². The summed E-state index contributed by atoms with van der Waals surface area (Å²) in [6.45, 7) is 0.539. The molecule has 0 aliphatic carbocycles. The molecular weight excluding hydrogens is 361 g/mol. The molecule has 6 nitrogen and oxygen atoms in total. The third kappa shape index (κ3) is 4.65. The maximum absolute atomic E-state index is 12.2. The minimum absolute atomic E-state index is 0.308. The van der Waals surface area contributed by atoms with Crippen molar-refractivity contribution in [2.75, 3.05) is 10.6 Å². The molecule has 0 bridgehead atoms. The van der Waals surface area contributed by atoms with Crippen molar-refractivity contribution in [2.24, 2.45) is 0 Å². The molecule has 0 fully saturated rings. The molecule has 0 aliphatic rings. The highest BCUT2D eigenvalue weighted by atomic mass is 35.5. The van der Waals surface area contributed by atoms with Gasteiger partial charge >= 0.3 is 0 Å². The van der Waals surface area contributed by atoms with Crippen molar-refractivity contribution in [1.82, 2.24) is 15.0 Å². The summed E-state index contributed by atoms with van der Waals surface area (Å²) in [5, 5.41) is 6.62. The molecule has 0 saturated carbocycles. The highest BCUT2D eigenvalue weighted by Gasteiger charge is 2.10. The zero-order valence-electron chi connectivity index (χ0n) is 12.9. The monoisotopic (exact) mass is 373 g/mol. The number of rotatable bonds is 5. The summed E-state index contributed by atoms with van der Waals surface area (Å²) in [7, 11) is 0. The van der Waals surface area contributed by atoms with Crippen molar-refractivity contribution in [2.45, 2.75) is 6.54 Å². The van der Waals surface area contributed by atoms with Gasteiger partial charge in [0.2, 0.25) is 5.95 Å². The molecule has 2 N–H and O–H groups in total. The van der Waals surface area contributed by atoms with Crippen molar-refractivity contribution in [3.05, 3.63) is 76.3 Å². The summed E-state index contributed by atoms with van der Waals surface area (Å²) >= 11 is 11.9. The van der Waals surface area contributed by atoms with Gasteiger partial charge in [0.15, 0.2) is 0 Å². The number of hydrogen-bond donors (Lipinski definition) is 2. The molecule has 25 heavy (non-hydrogen) atoms. The summed E-state index contributed by atoms with van der Waals surface area (Å²) in [5.41, 5.74) is 1.74. The quantitative estimate of drug-likeness (QED) is 0.705. The molecule has 1 aromatic carbocycles. The van der Waals surface area contributed by atoms with E-state index in [9.17, 15) is 4.79 Å². The van der Waals surface area contributed by atoms with Crippen molar-refractivity contribution in [1.29, 1.82) is 0 Å². The summed E-state index contributed by atoms with van der Waals surface area (Å²) < 4.78 is 0. The van der Waals surface area contributed by atoms with Crippen molar-refractivity contribution in [3.63, 3.8) is 0 Å². The molecule has 8 heteroatoms. The maximum Gasteiger partial charge on any atom is 0.258 e. The van der Waals surface area contributed by atoms with Gasteiger partial charge in [0, 0.05) is 36.4 Å². The minimum atomic E-state index is -0.372. The highest BCUT2D eigenvalue weighted by Crippen LogP contribution is 2.25. The van der Waals surface area contributed by atoms with Crippen LogP contribution in [0.2, 0.25) is 10.0 Å². The molecule has 0 aliphatic heterocycles. The lowest BCUT2D eigenvalue weighted by molar-refractivity contribution is 0.102. The predicted octanol–water partition coefficient (Wildman–Crippen LogP) is 4.04. The van der Waals surface area contributed by atoms with Crippen LogP contribution in [0, 0.1) is 0 Å². The Morgan fingerprint density at radius 2 is 1.88 bits per heavy atom. The molecule has 0 unspecified atom stereocenters. The van der Waals surface area contributed by atoms with Crippen molar-refractivity contribution in [3.8, 4) is 0 Å². The lowest BCUT2D eigenvalue weighted by Gasteiger charge is -2.08. The first-order valence-electron chi connectivity index (χ1n) is 7.33. The largest absolute Gasteiger partial charge is 0.350 e. The van der Waals surface area contributed by atoms with Crippen LogP contribution in [0.3, 0.4) is 0 Å². The van der Waals surface area contributed by atoms with Gasteiger partial charge in [0.05, 0.1) is 16.3 Å². The van der Waals surface area contributed by atoms with Crippen LogP contribution in [0.4, 0.5) is 11.6 Å². The van der Waals surface area contributed by atoms with Crippen LogP contribution in [0.1, 0.15) is 15.9 Å². The van der Waals surface area contributed by atoms with E-state index in [2.05, 4.69) is 25.6 Å². The number of halogens is 2. The smallest absolute Gasteiger partial charge is 0.258 e. The third-order valence-electron chi connectivity index (χ3n) is 3.26. The summed E-state index contributed by atoms with van der Waals surface area (Å²) in [5.74, 6) is 0.0455. The first-order chi connectivity index (χ1) is 12.1. The van der Waals surface area contributed by atoms with Gasteiger partial charge in [-0.2, -0.15) is 0 Å². The van der Waals surface area contributed by atoms with E-state index in [-0.39, 0.29) is 5.91 Å². The molecule has 2 aromatic heterocycles. The second kappa shape index (κ2) is 7.92. The Labute approximate surface area is 154 Å². The van der Waals surface area contributed by atoms with Gasteiger partial charge in [-0.1, -0.05) is 29.3 Å². The number of hydrogen-bond acceptors (Lipinski definition) is 5. The zero-order valence-corrected chi connectivity index (χ0v) is 14.4. The van der Waals surface area contributed by atoms with Gasteiger partial charge in [-0.25, -0.2) is 9.97 Å². The highest BCUT2D eigenvalue weighted by molar-refractivity contribution is 6.35. The molecule has 0 spiro atoms. The number of benzene rings is 1. The lowest BCUT2D eigenvalue weighted by Crippen LogP contribution is -2.13. The third-order valence-corrected chi connectivity index (χ3v) is 3.83. The zero-order chi connectivity index (χ0) is 17.6. The van der Waals surface area contributed by atoms with E-state index < -0.39 is 0 Å².